The predicted molar refractivity (Wildman–Crippen MR) is 54.9 cm³/mol. The number of amides is 1. The number of hydrogen-bond acceptors (Lipinski definition) is 4. The van der Waals surface area contributed by atoms with Crippen molar-refractivity contribution in [2.75, 3.05) is 25.6 Å². The molecule has 76 valence electrons. The third kappa shape index (κ3) is 5.65. The molecule has 0 aromatic rings. The number of hydrogen-bond donors (Lipinski definition) is 2. The molecule has 0 spiro atoms. The summed E-state index contributed by atoms with van der Waals surface area (Å²) in [7, 11) is 3.34. The van der Waals surface area contributed by atoms with Crippen molar-refractivity contribution in [1.82, 2.24) is 10.6 Å². The van der Waals surface area contributed by atoms with Crippen molar-refractivity contribution in [3.8, 4) is 0 Å². The van der Waals surface area contributed by atoms with E-state index in [1.54, 1.807) is 21.0 Å². The van der Waals surface area contributed by atoms with Crippen molar-refractivity contribution in [1.29, 1.82) is 0 Å². The molecule has 0 aliphatic rings. The van der Waals surface area contributed by atoms with E-state index < -0.39 is 0 Å². The van der Waals surface area contributed by atoms with Crippen LogP contribution in [-0.2, 0) is 9.59 Å². The quantitative estimate of drug-likeness (QED) is 0.620. The highest BCUT2D eigenvalue weighted by molar-refractivity contribution is 8.00. The Morgan fingerprint density at radius 2 is 2.00 bits per heavy atom. The van der Waals surface area contributed by atoms with Crippen LogP contribution in [0.5, 0.6) is 0 Å². The first-order valence-corrected chi connectivity index (χ1v) is 5.23. The number of likely N-dealkylation sites (N-methyl/N-ethyl adjacent to an activating group) is 1. The minimum absolute atomic E-state index is 0.0107. The number of ketones is 1. The molecule has 0 saturated carbocycles. The lowest BCUT2D eigenvalue weighted by Gasteiger charge is -2.11. The predicted octanol–water partition coefficient (Wildman–Crippen LogP) is -0.357. The molecule has 1 atom stereocenters. The molecule has 13 heavy (non-hydrogen) atoms. The molecule has 0 fully saturated rings. The number of Topliss-reactive ketones (excluding diaryl/α,β-unsaturated/α-hetero) is 1. The molecule has 5 heteroatoms. The highest BCUT2D eigenvalue weighted by atomic mass is 32.2. The molecular formula is C8H16N2O2S. The fourth-order valence-corrected chi connectivity index (χ4v) is 1.83. The SMILES string of the molecule is CNC(=O)CSCC(NC)C(C)=O. The maximum absolute atomic E-state index is 10.9. The lowest BCUT2D eigenvalue weighted by atomic mass is 10.2. The van der Waals surface area contributed by atoms with Crippen LogP contribution in [0.25, 0.3) is 0 Å². The van der Waals surface area contributed by atoms with Crippen molar-refractivity contribution in [3.63, 3.8) is 0 Å². The molecule has 0 aromatic carbocycles. The van der Waals surface area contributed by atoms with Gasteiger partial charge in [-0.15, -0.1) is 11.8 Å². The highest BCUT2D eigenvalue weighted by Crippen LogP contribution is 2.02. The molecule has 0 bridgehead atoms. The maximum atomic E-state index is 10.9. The van der Waals surface area contributed by atoms with Crippen molar-refractivity contribution in [3.05, 3.63) is 0 Å². The van der Waals surface area contributed by atoms with Gasteiger partial charge >= 0.3 is 0 Å². The van der Waals surface area contributed by atoms with Gasteiger partial charge < -0.3 is 10.6 Å². The van der Waals surface area contributed by atoms with E-state index in [0.29, 0.717) is 11.5 Å². The van der Waals surface area contributed by atoms with Crippen LogP contribution in [0.1, 0.15) is 6.92 Å². The second kappa shape index (κ2) is 6.91. The van der Waals surface area contributed by atoms with Gasteiger partial charge in [0.25, 0.3) is 0 Å². The number of nitrogens with one attached hydrogen (secondary N) is 2. The summed E-state index contributed by atoms with van der Waals surface area (Å²) in [6.07, 6.45) is 0. The van der Waals surface area contributed by atoms with E-state index in [0.717, 1.165) is 0 Å². The van der Waals surface area contributed by atoms with Gasteiger partial charge in [0.05, 0.1) is 11.8 Å². The van der Waals surface area contributed by atoms with E-state index in [1.165, 1.54) is 11.8 Å². The van der Waals surface area contributed by atoms with E-state index in [2.05, 4.69) is 10.6 Å². The van der Waals surface area contributed by atoms with Crippen molar-refractivity contribution >= 4 is 23.5 Å². The van der Waals surface area contributed by atoms with Crippen LogP contribution in [0.15, 0.2) is 0 Å². The van der Waals surface area contributed by atoms with E-state index >= 15 is 0 Å². The molecule has 0 aliphatic heterocycles. The summed E-state index contributed by atoms with van der Waals surface area (Å²) >= 11 is 1.45. The third-order valence-electron chi connectivity index (χ3n) is 1.64. The number of thioether (sulfide) groups is 1. The van der Waals surface area contributed by atoms with Gasteiger partial charge in [-0.1, -0.05) is 0 Å². The minimum atomic E-state index is -0.144. The van der Waals surface area contributed by atoms with Crippen LogP contribution in [0.4, 0.5) is 0 Å². The van der Waals surface area contributed by atoms with Gasteiger partial charge in [-0.25, -0.2) is 0 Å². The largest absolute Gasteiger partial charge is 0.358 e. The molecular weight excluding hydrogens is 188 g/mol. The van der Waals surface area contributed by atoms with E-state index in [1.807, 2.05) is 0 Å². The number of carbonyl (C=O) groups is 2. The second-order valence-corrected chi connectivity index (χ2v) is 3.67. The lowest BCUT2D eigenvalue weighted by molar-refractivity contribution is -0.119. The zero-order valence-electron chi connectivity index (χ0n) is 8.22. The summed E-state index contributed by atoms with van der Waals surface area (Å²) < 4.78 is 0. The van der Waals surface area contributed by atoms with Gasteiger partial charge in [-0.2, -0.15) is 0 Å². The Balaban J connectivity index is 3.61. The molecule has 1 amide bonds. The first kappa shape index (κ1) is 12.4. The maximum Gasteiger partial charge on any atom is 0.229 e. The average molecular weight is 204 g/mol. The van der Waals surface area contributed by atoms with E-state index in [9.17, 15) is 9.59 Å². The second-order valence-electron chi connectivity index (χ2n) is 2.64. The van der Waals surface area contributed by atoms with Gasteiger partial charge in [-0.3, -0.25) is 9.59 Å². The Morgan fingerprint density at radius 1 is 1.38 bits per heavy atom. The molecule has 2 N–H and O–H groups in total. The topological polar surface area (TPSA) is 58.2 Å². The van der Waals surface area contributed by atoms with Gasteiger partial charge in [0.2, 0.25) is 5.91 Å². The summed E-state index contributed by atoms with van der Waals surface area (Å²) in [4.78, 5) is 21.8. The van der Waals surface area contributed by atoms with Crippen LogP contribution in [0.2, 0.25) is 0 Å². The van der Waals surface area contributed by atoms with Crippen molar-refractivity contribution in [2.24, 2.45) is 0 Å². The zero-order valence-corrected chi connectivity index (χ0v) is 9.03. The standard InChI is InChI=1S/C8H16N2O2S/c1-6(11)7(9-2)4-13-5-8(12)10-3/h7,9H,4-5H2,1-3H3,(H,10,12). The van der Waals surface area contributed by atoms with Gasteiger partial charge in [0, 0.05) is 12.8 Å². The Hall–Kier alpha value is -0.550. The Bertz CT molecular complexity index is 185. The normalized spacial score (nSPS) is 12.2. The van der Waals surface area contributed by atoms with Crippen molar-refractivity contribution < 1.29 is 9.59 Å². The minimum Gasteiger partial charge on any atom is -0.358 e. The van der Waals surface area contributed by atoms with Crippen LogP contribution >= 0.6 is 11.8 Å². The van der Waals surface area contributed by atoms with Crippen LogP contribution in [0.3, 0.4) is 0 Å². The van der Waals surface area contributed by atoms with Gasteiger partial charge in [-0.05, 0) is 14.0 Å². The van der Waals surface area contributed by atoms with Crippen LogP contribution in [-0.4, -0.2) is 43.3 Å². The number of rotatable bonds is 6. The molecule has 0 aliphatic carbocycles. The fraction of sp³-hybridized carbons (Fsp3) is 0.750. The summed E-state index contributed by atoms with van der Waals surface area (Å²) in [5.74, 6) is 1.14. The summed E-state index contributed by atoms with van der Waals surface area (Å²) in [5, 5.41) is 5.41. The summed E-state index contributed by atoms with van der Waals surface area (Å²) in [6, 6.07) is -0.144. The first-order chi connectivity index (χ1) is 6.11. The zero-order chi connectivity index (χ0) is 10.3. The van der Waals surface area contributed by atoms with Crippen LogP contribution < -0.4 is 10.6 Å². The van der Waals surface area contributed by atoms with E-state index in [4.69, 9.17) is 0 Å². The fourth-order valence-electron chi connectivity index (χ4n) is 0.746. The summed E-state index contributed by atoms with van der Waals surface area (Å²) in [6.45, 7) is 1.54. The smallest absolute Gasteiger partial charge is 0.229 e. The number of carbonyl (C=O) groups excluding carboxylic acids is 2. The molecule has 0 radical (unpaired) electrons. The Kier molecular flexibility index (Phi) is 6.62. The molecule has 4 nitrogen and oxygen atoms in total. The van der Waals surface area contributed by atoms with Gasteiger partial charge in [0.15, 0.2) is 0 Å². The molecule has 0 rings (SSSR count). The summed E-state index contributed by atoms with van der Waals surface area (Å²) in [5.41, 5.74) is 0. The highest BCUT2D eigenvalue weighted by Gasteiger charge is 2.11. The van der Waals surface area contributed by atoms with Gasteiger partial charge in [0.1, 0.15) is 5.78 Å². The average Bonchev–Trinajstić information content (AvgIpc) is 2.11. The van der Waals surface area contributed by atoms with Crippen LogP contribution in [0, 0.1) is 0 Å². The molecule has 1 unspecified atom stereocenters. The first-order valence-electron chi connectivity index (χ1n) is 4.07. The van der Waals surface area contributed by atoms with E-state index in [-0.39, 0.29) is 17.7 Å². The Labute approximate surface area is 82.8 Å². The molecule has 0 aromatic heterocycles. The van der Waals surface area contributed by atoms with Crippen molar-refractivity contribution in [2.45, 2.75) is 13.0 Å². The third-order valence-corrected chi connectivity index (χ3v) is 2.67. The lowest BCUT2D eigenvalue weighted by Crippen LogP contribution is -2.35. The Morgan fingerprint density at radius 3 is 2.38 bits per heavy atom. The molecule has 0 saturated heterocycles. The molecule has 0 heterocycles. The monoisotopic (exact) mass is 204 g/mol.